The summed E-state index contributed by atoms with van der Waals surface area (Å²) < 4.78 is 0. The summed E-state index contributed by atoms with van der Waals surface area (Å²) in [5, 5.41) is 6.87. The third kappa shape index (κ3) is 3.76. The van der Waals surface area contributed by atoms with Gasteiger partial charge in [-0.2, -0.15) is 0 Å². The zero-order valence-electron chi connectivity index (χ0n) is 10.9. The maximum atomic E-state index is 4.59. The molecule has 1 fully saturated rings. The predicted octanol–water partition coefficient (Wildman–Crippen LogP) is 2.42. The Hall–Kier alpha value is -0.450. The fraction of sp³-hybridized carbons (Fsp3) is 0.769. The monoisotopic (exact) mass is 253 g/mol. The first-order valence-corrected chi connectivity index (χ1v) is 7.53. The fourth-order valence-corrected chi connectivity index (χ4v) is 3.30. The molecule has 1 aliphatic rings. The number of piperidine rings is 1. The highest BCUT2D eigenvalue weighted by molar-refractivity contribution is 7.09. The molecule has 0 aromatic carbocycles. The first-order valence-electron chi connectivity index (χ1n) is 6.65. The third-order valence-corrected chi connectivity index (χ3v) is 4.29. The summed E-state index contributed by atoms with van der Waals surface area (Å²) in [4.78, 5) is 7.21. The van der Waals surface area contributed by atoms with Crippen molar-refractivity contribution >= 4 is 11.3 Å². The van der Waals surface area contributed by atoms with Crippen molar-refractivity contribution in [3.05, 3.63) is 16.1 Å². The van der Waals surface area contributed by atoms with E-state index in [1.807, 2.05) is 0 Å². The second-order valence-electron chi connectivity index (χ2n) is 4.83. The Bertz CT molecular complexity index is 331. The maximum Gasteiger partial charge on any atom is 0.107 e. The Balaban J connectivity index is 1.95. The zero-order valence-corrected chi connectivity index (χ0v) is 11.7. The highest BCUT2D eigenvalue weighted by Crippen LogP contribution is 2.18. The molecular formula is C13H23N3S. The first kappa shape index (κ1) is 13.0. The number of rotatable bonds is 5. The molecule has 0 aliphatic carbocycles. The topological polar surface area (TPSA) is 28.2 Å². The van der Waals surface area contributed by atoms with Gasteiger partial charge in [-0.3, -0.25) is 4.90 Å². The molecule has 2 heterocycles. The molecule has 1 saturated heterocycles. The Kier molecular flexibility index (Phi) is 4.95. The molecule has 0 amide bonds. The molecule has 0 bridgehead atoms. The van der Waals surface area contributed by atoms with Gasteiger partial charge in [0.05, 0.1) is 6.54 Å². The van der Waals surface area contributed by atoms with Crippen LogP contribution in [0.25, 0.3) is 0 Å². The van der Waals surface area contributed by atoms with E-state index in [1.165, 1.54) is 43.9 Å². The average Bonchev–Trinajstić information content (AvgIpc) is 2.75. The van der Waals surface area contributed by atoms with E-state index in [-0.39, 0.29) is 0 Å². The van der Waals surface area contributed by atoms with Gasteiger partial charge in [0.25, 0.3) is 0 Å². The Morgan fingerprint density at radius 1 is 1.47 bits per heavy atom. The maximum absolute atomic E-state index is 4.59. The van der Waals surface area contributed by atoms with Crippen molar-refractivity contribution in [3.63, 3.8) is 0 Å². The molecule has 4 heteroatoms. The van der Waals surface area contributed by atoms with Crippen LogP contribution in [0.5, 0.6) is 0 Å². The number of thiazole rings is 1. The van der Waals surface area contributed by atoms with Crippen LogP contribution >= 0.6 is 11.3 Å². The molecule has 1 N–H and O–H groups in total. The average molecular weight is 253 g/mol. The molecule has 17 heavy (non-hydrogen) atoms. The minimum absolute atomic E-state index is 0.750. The van der Waals surface area contributed by atoms with Crippen molar-refractivity contribution in [2.45, 2.75) is 45.7 Å². The van der Waals surface area contributed by atoms with Crippen LogP contribution in [0.2, 0.25) is 0 Å². The van der Waals surface area contributed by atoms with Gasteiger partial charge < -0.3 is 5.32 Å². The Morgan fingerprint density at radius 2 is 2.24 bits per heavy atom. The van der Waals surface area contributed by atoms with E-state index in [2.05, 4.69) is 34.4 Å². The molecule has 1 aromatic heterocycles. The first-order chi connectivity index (χ1) is 8.29. The normalized spacial score (nSPS) is 17.8. The van der Waals surface area contributed by atoms with Crippen molar-refractivity contribution in [2.75, 3.05) is 19.6 Å². The van der Waals surface area contributed by atoms with Crippen LogP contribution in [-0.2, 0) is 6.54 Å². The molecule has 0 saturated carbocycles. The minimum atomic E-state index is 0.750. The van der Waals surface area contributed by atoms with E-state index in [0.717, 1.165) is 18.3 Å². The predicted molar refractivity (Wildman–Crippen MR) is 73.4 cm³/mol. The van der Waals surface area contributed by atoms with Crippen LogP contribution in [0.15, 0.2) is 5.38 Å². The molecule has 0 spiro atoms. The molecule has 1 aromatic rings. The smallest absolute Gasteiger partial charge is 0.107 e. The summed E-state index contributed by atoms with van der Waals surface area (Å²) in [6, 6.07) is 0.750. The van der Waals surface area contributed by atoms with E-state index in [4.69, 9.17) is 0 Å². The number of nitrogens with zero attached hydrogens (tertiary/aromatic N) is 2. The molecule has 0 radical (unpaired) electrons. The van der Waals surface area contributed by atoms with Crippen molar-refractivity contribution in [3.8, 4) is 0 Å². The molecule has 0 unspecified atom stereocenters. The molecule has 0 atom stereocenters. The lowest BCUT2D eigenvalue weighted by molar-refractivity contribution is 0.154. The summed E-state index contributed by atoms with van der Waals surface area (Å²) in [6.07, 6.45) is 3.79. The van der Waals surface area contributed by atoms with Crippen molar-refractivity contribution < 1.29 is 0 Å². The van der Waals surface area contributed by atoms with Crippen LogP contribution in [0, 0.1) is 6.92 Å². The van der Waals surface area contributed by atoms with E-state index >= 15 is 0 Å². The van der Waals surface area contributed by atoms with E-state index in [1.54, 1.807) is 11.3 Å². The van der Waals surface area contributed by atoms with Crippen LogP contribution < -0.4 is 5.32 Å². The Labute approximate surface area is 108 Å². The SMILES string of the molecule is CCCN(Cc1nc(C)cs1)C1CCNCC1. The summed E-state index contributed by atoms with van der Waals surface area (Å²) >= 11 is 1.80. The highest BCUT2D eigenvalue weighted by Gasteiger charge is 2.21. The van der Waals surface area contributed by atoms with Crippen molar-refractivity contribution in [1.82, 2.24) is 15.2 Å². The second-order valence-corrected chi connectivity index (χ2v) is 5.78. The quantitative estimate of drug-likeness (QED) is 0.873. The molecule has 2 rings (SSSR count). The number of nitrogens with one attached hydrogen (secondary N) is 1. The Morgan fingerprint density at radius 3 is 2.82 bits per heavy atom. The minimum Gasteiger partial charge on any atom is -0.317 e. The molecule has 96 valence electrons. The van der Waals surface area contributed by atoms with Gasteiger partial charge in [-0.25, -0.2) is 4.98 Å². The van der Waals surface area contributed by atoms with Gasteiger partial charge in [-0.1, -0.05) is 6.92 Å². The van der Waals surface area contributed by atoms with Gasteiger partial charge in [0.2, 0.25) is 0 Å². The standard InChI is InChI=1S/C13H23N3S/c1-3-8-16(12-4-6-14-7-5-12)9-13-15-11(2)10-17-13/h10,12,14H,3-9H2,1-2H3. The van der Waals surface area contributed by atoms with Gasteiger partial charge in [-0.05, 0) is 45.8 Å². The number of hydrogen-bond donors (Lipinski definition) is 1. The van der Waals surface area contributed by atoms with Gasteiger partial charge in [0, 0.05) is 17.1 Å². The van der Waals surface area contributed by atoms with Crippen molar-refractivity contribution in [2.24, 2.45) is 0 Å². The van der Waals surface area contributed by atoms with E-state index < -0.39 is 0 Å². The lowest BCUT2D eigenvalue weighted by Gasteiger charge is -2.33. The van der Waals surface area contributed by atoms with Crippen LogP contribution in [-0.4, -0.2) is 35.6 Å². The second kappa shape index (κ2) is 6.47. The fourth-order valence-electron chi connectivity index (χ4n) is 2.50. The van der Waals surface area contributed by atoms with Crippen LogP contribution in [0.1, 0.15) is 36.9 Å². The van der Waals surface area contributed by atoms with Crippen LogP contribution in [0.4, 0.5) is 0 Å². The van der Waals surface area contributed by atoms with Gasteiger partial charge in [0.1, 0.15) is 5.01 Å². The van der Waals surface area contributed by atoms with Crippen LogP contribution in [0.3, 0.4) is 0 Å². The largest absolute Gasteiger partial charge is 0.317 e. The van der Waals surface area contributed by atoms with Gasteiger partial charge >= 0.3 is 0 Å². The molecule has 1 aliphatic heterocycles. The summed E-state index contributed by atoms with van der Waals surface area (Å²) in [5.41, 5.74) is 1.16. The lowest BCUT2D eigenvalue weighted by Crippen LogP contribution is -2.43. The van der Waals surface area contributed by atoms with Crippen molar-refractivity contribution in [1.29, 1.82) is 0 Å². The van der Waals surface area contributed by atoms with Gasteiger partial charge in [-0.15, -0.1) is 11.3 Å². The summed E-state index contributed by atoms with van der Waals surface area (Å²) in [5.74, 6) is 0. The molecule has 3 nitrogen and oxygen atoms in total. The lowest BCUT2D eigenvalue weighted by atomic mass is 10.0. The van der Waals surface area contributed by atoms with E-state index in [0.29, 0.717) is 0 Å². The van der Waals surface area contributed by atoms with E-state index in [9.17, 15) is 0 Å². The summed E-state index contributed by atoms with van der Waals surface area (Å²) in [6.45, 7) is 8.92. The van der Waals surface area contributed by atoms with Gasteiger partial charge in [0.15, 0.2) is 0 Å². The number of aryl methyl sites for hydroxylation is 1. The number of aromatic nitrogens is 1. The molecular weight excluding hydrogens is 230 g/mol. The summed E-state index contributed by atoms with van der Waals surface area (Å²) in [7, 11) is 0. The highest BCUT2D eigenvalue weighted by atomic mass is 32.1. The third-order valence-electron chi connectivity index (χ3n) is 3.34. The number of hydrogen-bond acceptors (Lipinski definition) is 4. The zero-order chi connectivity index (χ0) is 12.1.